The number of carbonyl (C=O) groups excluding carboxylic acids is 1. The summed E-state index contributed by atoms with van der Waals surface area (Å²) in [6.07, 6.45) is 11.5. The van der Waals surface area contributed by atoms with E-state index >= 15 is 0 Å². The van der Waals surface area contributed by atoms with E-state index in [0.29, 0.717) is 5.82 Å². The molecule has 0 atom stereocenters. The first kappa shape index (κ1) is 20.3. The van der Waals surface area contributed by atoms with Crippen LogP contribution in [0.1, 0.15) is 29.1 Å². The van der Waals surface area contributed by atoms with Crippen molar-refractivity contribution in [3.05, 3.63) is 83.3 Å². The third kappa shape index (κ3) is 3.36. The Hall–Kier alpha value is -4.30. The molecule has 0 spiro atoms. The van der Waals surface area contributed by atoms with Crippen molar-refractivity contribution in [2.75, 3.05) is 0 Å². The Bertz CT molecular complexity index is 1680. The fourth-order valence-corrected chi connectivity index (χ4v) is 5.07. The Balaban J connectivity index is 1.47. The van der Waals surface area contributed by atoms with Crippen molar-refractivity contribution in [3.8, 4) is 22.0 Å². The number of rotatable bonds is 4. The second-order valence-electron chi connectivity index (χ2n) is 8.15. The number of aromatic amines is 2. The molecule has 0 fully saturated rings. The molecule has 0 bridgehead atoms. The van der Waals surface area contributed by atoms with Crippen molar-refractivity contribution in [1.29, 1.82) is 0 Å². The van der Waals surface area contributed by atoms with Gasteiger partial charge < -0.3 is 10.3 Å². The van der Waals surface area contributed by atoms with Gasteiger partial charge in [-0.2, -0.15) is 5.10 Å². The van der Waals surface area contributed by atoms with E-state index in [2.05, 4.69) is 50.6 Å². The number of imidazole rings is 1. The maximum Gasteiger partial charge on any atom is 0.169 e. The van der Waals surface area contributed by atoms with Crippen molar-refractivity contribution >= 4 is 44.6 Å². The van der Waals surface area contributed by atoms with Gasteiger partial charge in [0.1, 0.15) is 11.2 Å². The Morgan fingerprint density at radius 2 is 2.00 bits per heavy atom. The maximum atomic E-state index is 11.8. The molecule has 7 nitrogen and oxygen atoms in total. The number of fused-ring (bicyclic) bond motifs is 2. The smallest absolute Gasteiger partial charge is 0.169 e. The first-order chi connectivity index (χ1) is 16.6. The zero-order chi connectivity index (χ0) is 23.2. The van der Waals surface area contributed by atoms with Gasteiger partial charge in [-0.25, -0.2) is 4.98 Å². The number of aromatic nitrogens is 5. The third-order valence-electron chi connectivity index (χ3n) is 5.90. The van der Waals surface area contributed by atoms with Gasteiger partial charge in [0.25, 0.3) is 0 Å². The number of nitrogens with zero attached hydrogens (tertiary/aromatic N) is 3. The van der Waals surface area contributed by atoms with Crippen molar-refractivity contribution in [3.63, 3.8) is 0 Å². The maximum absolute atomic E-state index is 11.8. The summed E-state index contributed by atoms with van der Waals surface area (Å²) in [5.74, 6) is 0.718. The molecule has 0 amide bonds. The highest BCUT2D eigenvalue weighted by Gasteiger charge is 2.18. The van der Waals surface area contributed by atoms with Gasteiger partial charge in [-0.05, 0) is 55.3 Å². The van der Waals surface area contributed by atoms with E-state index in [0.717, 1.165) is 54.1 Å². The molecular weight excluding hydrogens is 444 g/mol. The summed E-state index contributed by atoms with van der Waals surface area (Å²) >= 11 is 1.45. The quantitative estimate of drug-likeness (QED) is 0.290. The van der Waals surface area contributed by atoms with Crippen LogP contribution in [0.3, 0.4) is 0 Å². The number of benzene rings is 1. The van der Waals surface area contributed by atoms with Crippen LogP contribution in [0.15, 0.2) is 72.9 Å². The fourth-order valence-electron chi connectivity index (χ4n) is 4.15. The number of thiophene rings is 1. The lowest BCUT2D eigenvalue weighted by Crippen LogP contribution is -1.94. The van der Waals surface area contributed by atoms with Crippen LogP contribution >= 0.6 is 11.3 Å². The molecule has 166 valence electrons. The summed E-state index contributed by atoms with van der Waals surface area (Å²) in [5.41, 5.74) is 7.57. The average Bonchev–Trinajstić information content (AvgIpc) is 3.55. The summed E-state index contributed by atoms with van der Waals surface area (Å²) in [5, 5.41) is 11.9. The fraction of sp³-hybridized carbons (Fsp3) is 0.0769. The highest BCUT2D eigenvalue weighted by Crippen LogP contribution is 2.35. The normalized spacial score (nSPS) is 13.6. The predicted octanol–water partition coefficient (Wildman–Crippen LogP) is 5.84. The van der Waals surface area contributed by atoms with Gasteiger partial charge in [0.15, 0.2) is 11.6 Å². The minimum atomic E-state index is 0.0535. The largest absolute Gasteiger partial charge is 0.367 e. The SMILES string of the molecule is CC(=O)c1ccc(-c2cncc3[nH]c(-c4n[nH]c5ccc(C6=CNC=CC=C6C)cc45)nc23)s1. The number of ketones is 1. The van der Waals surface area contributed by atoms with E-state index in [9.17, 15) is 4.79 Å². The highest BCUT2D eigenvalue weighted by molar-refractivity contribution is 7.17. The van der Waals surface area contributed by atoms with E-state index in [-0.39, 0.29) is 5.78 Å². The van der Waals surface area contributed by atoms with Crippen molar-refractivity contribution < 1.29 is 4.79 Å². The topological polar surface area (TPSA) is 99.4 Å². The average molecular weight is 465 g/mol. The predicted molar refractivity (Wildman–Crippen MR) is 136 cm³/mol. The Kier molecular flexibility index (Phi) is 4.74. The molecule has 6 rings (SSSR count). The number of hydrogen-bond acceptors (Lipinski definition) is 6. The molecule has 0 saturated heterocycles. The number of carbonyl (C=O) groups is 1. The Morgan fingerprint density at radius 3 is 2.85 bits per heavy atom. The number of allylic oxidation sites excluding steroid dienone is 4. The van der Waals surface area contributed by atoms with Gasteiger partial charge in [0.2, 0.25) is 0 Å². The lowest BCUT2D eigenvalue weighted by molar-refractivity contribution is 0.102. The number of Topliss-reactive ketones (excluding diaryl/α,β-unsaturated/α-hetero) is 1. The molecule has 34 heavy (non-hydrogen) atoms. The molecule has 8 heteroatoms. The van der Waals surface area contributed by atoms with Gasteiger partial charge in [0, 0.05) is 40.0 Å². The minimum Gasteiger partial charge on any atom is -0.367 e. The van der Waals surface area contributed by atoms with Crippen molar-refractivity contribution in [1.82, 2.24) is 30.5 Å². The highest BCUT2D eigenvalue weighted by atomic mass is 32.1. The number of pyridine rings is 1. The lowest BCUT2D eigenvalue weighted by atomic mass is 9.98. The van der Waals surface area contributed by atoms with Crippen molar-refractivity contribution in [2.24, 2.45) is 0 Å². The van der Waals surface area contributed by atoms with Crippen LogP contribution in [-0.4, -0.2) is 30.9 Å². The first-order valence-corrected chi connectivity index (χ1v) is 11.6. The molecule has 0 radical (unpaired) electrons. The number of nitrogens with one attached hydrogen (secondary N) is 3. The van der Waals surface area contributed by atoms with Crippen LogP contribution in [0, 0.1) is 0 Å². The van der Waals surface area contributed by atoms with E-state index in [1.807, 2.05) is 36.7 Å². The molecule has 0 unspecified atom stereocenters. The molecule has 0 aliphatic carbocycles. The van der Waals surface area contributed by atoms with Gasteiger partial charge in [0.05, 0.1) is 22.1 Å². The molecule has 3 N–H and O–H groups in total. The number of hydrogen-bond donors (Lipinski definition) is 3. The second-order valence-corrected chi connectivity index (χ2v) is 9.24. The molecule has 1 aliphatic heterocycles. The molecule has 1 aliphatic rings. The molecule has 4 aromatic heterocycles. The summed E-state index contributed by atoms with van der Waals surface area (Å²) in [6, 6.07) is 10.1. The third-order valence-corrected chi connectivity index (χ3v) is 7.12. The standard InChI is InChI=1S/C26H20N6OS/c1-14-4-3-9-27-11-18(14)16-5-6-20-17(10-16)25(32-31-20)26-29-21-13-28-12-19(24(21)30-26)23-8-7-22(34-23)15(2)33/h3-13,27H,1-2H3,(H,29,30)(H,31,32). The molecule has 5 heterocycles. The van der Waals surface area contributed by atoms with Crippen LogP contribution in [-0.2, 0) is 0 Å². The zero-order valence-corrected chi connectivity index (χ0v) is 19.3. The monoisotopic (exact) mass is 464 g/mol. The lowest BCUT2D eigenvalue weighted by Gasteiger charge is -2.08. The van der Waals surface area contributed by atoms with Gasteiger partial charge in [-0.15, -0.1) is 11.3 Å². The Morgan fingerprint density at radius 1 is 1.09 bits per heavy atom. The second kappa shape index (κ2) is 7.93. The molecule has 0 saturated carbocycles. The molecule has 5 aromatic rings. The number of H-pyrrole nitrogens is 2. The Labute approximate surface area is 199 Å². The summed E-state index contributed by atoms with van der Waals surface area (Å²) in [4.78, 5) is 26.1. The van der Waals surface area contributed by atoms with E-state index in [1.165, 1.54) is 16.9 Å². The summed E-state index contributed by atoms with van der Waals surface area (Å²) in [7, 11) is 0. The van der Waals surface area contributed by atoms with Crippen LogP contribution in [0.2, 0.25) is 0 Å². The van der Waals surface area contributed by atoms with E-state index in [4.69, 9.17) is 4.98 Å². The van der Waals surface area contributed by atoms with Gasteiger partial charge in [-0.1, -0.05) is 12.1 Å². The van der Waals surface area contributed by atoms with Crippen LogP contribution < -0.4 is 5.32 Å². The van der Waals surface area contributed by atoms with Gasteiger partial charge >= 0.3 is 0 Å². The molecule has 1 aromatic carbocycles. The molecular formula is C26H20N6OS. The van der Waals surface area contributed by atoms with E-state index < -0.39 is 0 Å². The van der Waals surface area contributed by atoms with Crippen LogP contribution in [0.5, 0.6) is 0 Å². The summed E-state index contributed by atoms with van der Waals surface area (Å²) in [6.45, 7) is 3.67. The van der Waals surface area contributed by atoms with Crippen LogP contribution in [0.25, 0.3) is 49.5 Å². The summed E-state index contributed by atoms with van der Waals surface area (Å²) < 4.78 is 0. The first-order valence-electron chi connectivity index (χ1n) is 10.8. The van der Waals surface area contributed by atoms with Gasteiger partial charge in [-0.3, -0.25) is 14.9 Å². The van der Waals surface area contributed by atoms with E-state index in [1.54, 1.807) is 19.3 Å². The van der Waals surface area contributed by atoms with Crippen LogP contribution in [0.4, 0.5) is 0 Å². The zero-order valence-electron chi connectivity index (χ0n) is 18.5. The van der Waals surface area contributed by atoms with Crippen molar-refractivity contribution in [2.45, 2.75) is 13.8 Å². The minimum absolute atomic E-state index is 0.0535.